The summed E-state index contributed by atoms with van der Waals surface area (Å²) in [4.78, 5) is 26.6. The van der Waals surface area contributed by atoms with Gasteiger partial charge in [-0.15, -0.1) is 0 Å². The van der Waals surface area contributed by atoms with Gasteiger partial charge in [-0.05, 0) is 96.3 Å². The molecule has 0 aromatic rings. The highest BCUT2D eigenvalue weighted by Gasteiger charge is 2.47. The maximum absolute atomic E-state index is 13.4. The predicted molar refractivity (Wildman–Crippen MR) is 333 cm³/mol. The van der Waals surface area contributed by atoms with Gasteiger partial charge in [-0.2, -0.15) is 0 Å². The normalized spacial score (nSPS) is 19.3. The van der Waals surface area contributed by atoms with Gasteiger partial charge >= 0.3 is 5.97 Å². The minimum Gasteiger partial charge on any atom is -0.454 e. The lowest BCUT2D eigenvalue weighted by molar-refractivity contribution is -0.305. The summed E-state index contributed by atoms with van der Waals surface area (Å²) in [5.74, 6) is -1.22. The van der Waals surface area contributed by atoms with E-state index in [0.717, 1.165) is 96.3 Å². The zero-order chi connectivity index (χ0) is 58.2. The number of nitrogens with one attached hydrogen (secondary N) is 1. The fourth-order valence-electron chi connectivity index (χ4n) is 9.85. The number of amides is 1. The Bertz CT molecular complexity index is 1620. The van der Waals surface area contributed by atoms with E-state index in [1.807, 2.05) is 6.08 Å². The Balaban J connectivity index is 2.66. The van der Waals surface area contributed by atoms with Gasteiger partial charge in [0.25, 0.3) is 0 Å². The molecule has 1 amide bonds. The van der Waals surface area contributed by atoms with Gasteiger partial charge in [-0.1, -0.05) is 260 Å². The first kappa shape index (κ1) is 74.9. The molecule has 8 unspecified atom stereocenters. The van der Waals surface area contributed by atoms with Gasteiger partial charge in [0.15, 0.2) is 12.4 Å². The van der Waals surface area contributed by atoms with Gasteiger partial charge in [0.05, 0.1) is 25.4 Å². The lowest BCUT2D eigenvalue weighted by Gasteiger charge is -2.41. The maximum atomic E-state index is 13.4. The van der Waals surface area contributed by atoms with Crippen LogP contribution in [-0.2, 0) is 23.8 Å². The van der Waals surface area contributed by atoms with Crippen LogP contribution in [0.5, 0.6) is 0 Å². The number of unbranched alkanes of at least 4 members (excludes halogenated alkanes) is 29. The molecule has 0 aliphatic carbocycles. The Labute approximate surface area is 489 Å². The molecule has 8 atom stereocenters. The number of rotatable bonds is 55. The molecule has 0 bridgehead atoms. The SMILES string of the molecule is CC/C=C\C/C=C\C/C=C\C/C=C\C/C=C\CCCCCCC(O)C(=O)NC(COC1OC(CO)C(O)C(O)C1OC(=O)CCCCCCCCCCC/C=C/CCCCCCCC)C(O)/C=C/CCCCCCCCCCCC. The van der Waals surface area contributed by atoms with Crippen LogP contribution in [0.4, 0.5) is 0 Å². The Morgan fingerprint density at radius 3 is 1.36 bits per heavy atom. The molecule has 0 saturated carbocycles. The number of aliphatic hydroxyl groups is 5. The fraction of sp³-hybridized carbons (Fsp3) is 0.768. The third-order valence-corrected chi connectivity index (χ3v) is 15.0. The maximum Gasteiger partial charge on any atom is 0.306 e. The lowest BCUT2D eigenvalue weighted by atomic mass is 9.99. The van der Waals surface area contributed by atoms with Crippen LogP contribution in [0.15, 0.2) is 85.1 Å². The van der Waals surface area contributed by atoms with Crippen LogP contribution in [0.2, 0.25) is 0 Å². The average Bonchev–Trinajstić information content (AvgIpc) is 3.45. The molecule has 11 nitrogen and oxygen atoms in total. The minimum atomic E-state index is -1.62. The summed E-state index contributed by atoms with van der Waals surface area (Å²) in [5.41, 5.74) is 0. The van der Waals surface area contributed by atoms with Crippen LogP contribution in [-0.4, -0.2) is 99.6 Å². The van der Waals surface area contributed by atoms with Gasteiger partial charge in [0.2, 0.25) is 5.91 Å². The summed E-state index contributed by atoms with van der Waals surface area (Å²) in [6.07, 6.45) is 63.3. The van der Waals surface area contributed by atoms with E-state index in [4.69, 9.17) is 14.2 Å². The Hall–Kier alpha value is -3.16. The number of aliphatic hydroxyl groups excluding tert-OH is 5. The second-order valence-corrected chi connectivity index (χ2v) is 22.5. The van der Waals surface area contributed by atoms with Gasteiger partial charge in [0, 0.05) is 6.42 Å². The second-order valence-electron chi connectivity index (χ2n) is 22.5. The van der Waals surface area contributed by atoms with E-state index in [9.17, 15) is 35.1 Å². The topological polar surface area (TPSA) is 175 Å². The number of esters is 1. The number of ether oxygens (including phenoxy) is 3. The quantitative estimate of drug-likeness (QED) is 0.0195. The monoisotopic (exact) mass is 1120 g/mol. The molecule has 1 heterocycles. The molecule has 1 aliphatic rings. The lowest BCUT2D eigenvalue weighted by Crippen LogP contribution is -2.61. The van der Waals surface area contributed by atoms with E-state index in [1.54, 1.807) is 6.08 Å². The van der Waals surface area contributed by atoms with Gasteiger partial charge in [-0.3, -0.25) is 9.59 Å². The third-order valence-electron chi connectivity index (χ3n) is 15.0. The van der Waals surface area contributed by atoms with Crippen LogP contribution in [0.3, 0.4) is 0 Å². The Morgan fingerprint density at radius 1 is 0.500 bits per heavy atom. The summed E-state index contributed by atoms with van der Waals surface area (Å²) >= 11 is 0. The minimum absolute atomic E-state index is 0.116. The van der Waals surface area contributed by atoms with Crippen LogP contribution in [0, 0.1) is 0 Å². The van der Waals surface area contributed by atoms with E-state index < -0.39 is 67.4 Å². The number of hydrogen-bond donors (Lipinski definition) is 6. The average molecular weight is 1120 g/mol. The van der Waals surface area contributed by atoms with Crippen LogP contribution < -0.4 is 5.32 Å². The van der Waals surface area contributed by atoms with E-state index in [1.165, 1.54) is 135 Å². The van der Waals surface area contributed by atoms with E-state index in [0.29, 0.717) is 12.8 Å². The standard InChI is InChI=1S/C69H121NO10/c1-4-7-10-13-16-19-22-25-27-29-31-33-34-36-38-41-44-47-50-53-56-62(73)68(77)70-60(61(72)55-52-49-46-43-40-24-21-18-15-12-9-6-3)59-78-69-67(66(76)65(75)63(58-71)79-69)80-64(74)57-54-51-48-45-42-39-37-35-32-30-28-26-23-20-17-14-11-8-5-2/h7,10,16,19,25-28,31,33,36,38,52,55,60-63,65-67,69,71-73,75-76H,4-6,8-9,11-15,17-18,20-24,29-30,32,34-35,37,39-51,53-54,56-59H2,1-3H3,(H,70,77)/b10-7-,19-16-,27-25-,28-26+,33-31-,38-36-,55-52+. The van der Waals surface area contributed by atoms with Crippen molar-refractivity contribution in [3.05, 3.63) is 85.1 Å². The summed E-state index contributed by atoms with van der Waals surface area (Å²) in [6.45, 7) is 5.67. The zero-order valence-electron chi connectivity index (χ0n) is 51.2. The van der Waals surface area contributed by atoms with Crippen molar-refractivity contribution < 1.29 is 49.3 Å². The summed E-state index contributed by atoms with van der Waals surface area (Å²) in [5, 5.41) is 57.1. The smallest absolute Gasteiger partial charge is 0.306 e. The molecular weight excluding hydrogens is 1000 g/mol. The van der Waals surface area contributed by atoms with Gasteiger partial charge < -0.3 is 45.1 Å². The third kappa shape index (κ3) is 43.5. The molecule has 0 radical (unpaired) electrons. The summed E-state index contributed by atoms with van der Waals surface area (Å²) in [6, 6.07) is -1.04. The molecular formula is C69H121NO10. The van der Waals surface area contributed by atoms with Crippen molar-refractivity contribution in [2.24, 2.45) is 0 Å². The van der Waals surface area contributed by atoms with Crippen LogP contribution in [0.25, 0.3) is 0 Å². The van der Waals surface area contributed by atoms with Crippen molar-refractivity contribution in [2.75, 3.05) is 13.2 Å². The van der Waals surface area contributed by atoms with Crippen molar-refractivity contribution >= 4 is 11.9 Å². The van der Waals surface area contributed by atoms with Crippen molar-refractivity contribution in [3.63, 3.8) is 0 Å². The largest absolute Gasteiger partial charge is 0.454 e. The molecule has 11 heteroatoms. The molecule has 6 N–H and O–H groups in total. The molecule has 1 saturated heterocycles. The first-order chi connectivity index (χ1) is 39.2. The van der Waals surface area contributed by atoms with Crippen molar-refractivity contribution in [1.82, 2.24) is 5.32 Å². The van der Waals surface area contributed by atoms with Gasteiger partial charge in [0.1, 0.15) is 24.4 Å². The van der Waals surface area contributed by atoms with E-state index in [2.05, 4.69) is 99.0 Å². The van der Waals surface area contributed by atoms with Crippen molar-refractivity contribution in [2.45, 2.75) is 327 Å². The Kier molecular flexibility index (Phi) is 52.7. The first-order valence-corrected chi connectivity index (χ1v) is 32.9. The van der Waals surface area contributed by atoms with Crippen molar-refractivity contribution in [3.8, 4) is 0 Å². The number of hydrogen-bond acceptors (Lipinski definition) is 10. The molecule has 0 spiro atoms. The number of carbonyl (C=O) groups excluding carboxylic acids is 2. The Morgan fingerprint density at radius 2 is 0.900 bits per heavy atom. The zero-order valence-corrected chi connectivity index (χ0v) is 51.2. The molecule has 1 rings (SSSR count). The number of allylic oxidation sites excluding steroid dienone is 13. The molecule has 1 fully saturated rings. The predicted octanol–water partition coefficient (Wildman–Crippen LogP) is 16.1. The highest BCUT2D eigenvalue weighted by Crippen LogP contribution is 2.26. The summed E-state index contributed by atoms with van der Waals surface area (Å²) < 4.78 is 17.6. The fourth-order valence-corrected chi connectivity index (χ4v) is 9.85. The number of carbonyl (C=O) groups is 2. The molecule has 0 aromatic carbocycles. The highest BCUT2D eigenvalue weighted by molar-refractivity contribution is 5.80. The van der Waals surface area contributed by atoms with Crippen LogP contribution in [0.1, 0.15) is 278 Å². The first-order valence-electron chi connectivity index (χ1n) is 32.9. The molecule has 462 valence electrons. The summed E-state index contributed by atoms with van der Waals surface area (Å²) in [7, 11) is 0. The highest BCUT2D eigenvalue weighted by atomic mass is 16.7. The van der Waals surface area contributed by atoms with E-state index in [-0.39, 0.29) is 19.4 Å². The second kappa shape index (κ2) is 56.3. The van der Waals surface area contributed by atoms with Crippen molar-refractivity contribution in [1.29, 1.82) is 0 Å². The molecule has 1 aliphatic heterocycles. The van der Waals surface area contributed by atoms with Crippen LogP contribution >= 0.6 is 0 Å². The van der Waals surface area contributed by atoms with Gasteiger partial charge in [-0.25, -0.2) is 0 Å². The van der Waals surface area contributed by atoms with E-state index >= 15 is 0 Å². The molecule has 80 heavy (non-hydrogen) atoms. The molecule has 0 aromatic heterocycles.